The third-order valence-corrected chi connectivity index (χ3v) is 4.92. The highest BCUT2D eigenvalue weighted by Gasteiger charge is 2.34. The Balaban J connectivity index is 1.62. The van der Waals surface area contributed by atoms with Gasteiger partial charge in [0.25, 0.3) is 5.56 Å². The maximum atomic E-state index is 12.9. The zero-order valence-corrected chi connectivity index (χ0v) is 17.0. The number of aromatic amines is 1. The molecule has 158 valence electrons. The second-order valence-corrected chi connectivity index (χ2v) is 7.19. The Kier molecular flexibility index (Phi) is 5.40. The van der Waals surface area contributed by atoms with E-state index in [1.807, 2.05) is 31.2 Å². The molecule has 2 heterocycles. The molecule has 0 aliphatic carbocycles. The molecule has 0 bridgehead atoms. The molecule has 9 nitrogen and oxygen atoms in total. The summed E-state index contributed by atoms with van der Waals surface area (Å²) >= 11 is 0. The van der Waals surface area contributed by atoms with Crippen molar-refractivity contribution in [1.29, 1.82) is 0 Å². The lowest BCUT2D eigenvalue weighted by Crippen LogP contribution is -2.36. The molecule has 4 N–H and O–H groups in total. The van der Waals surface area contributed by atoms with Crippen LogP contribution in [0.1, 0.15) is 23.5 Å². The third kappa shape index (κ3) is 4.40. The lowest BCUT2D eigenvalue weighted by Gasteiger charge is -2.23. The number of aryl methyl sites for hydroxylation is 1. The normalized spacial score (nSPS) is 14.9. The van der Waals surface area contributed by atoms with Crippen LogP contribution in [-0.4, -0.2) is 28.9 Å². The van der Waals surface area contributed by atoms with Gasteiger partial charge in [-0.15, -0.1) is 0 Å². The van der Waals surface area contributed by atoms with Gasteiger partial charge in [-0.3, -0.25) is 19.4 Å². The van der Waals surface area contributed by atoms with Crippen molar-refractivity contribution in [2.75, 3.05) is 23.1 Å². The Morgan fingerprint density at radius 1 is 1.13 bits per heavy atom. The van der Waals surface area contributed by atoms with E-state index in [1.54, 1.807) is 24.3 Å². The second-order valence-electron chi connectivity index (χ2n) is 7.19. The van der Waals surface area contributed by atoms with E-state index in [0.717, 1.165) is 11.3 Å². The van der Waals surface area contributed by atoms with Crippen LogP contribution < -0.4 is 26.2 Å². The first-order valence-corrected chi connectivity index (χ1v) is 9.65. The number of hydrogen-bond donors (Lipinski definition) is 4. The highest BCUT2D eigenvalue weighted by atomic mass is 16.5. The van der Waals surface area contributed by atoms with Crippen LogP contribution in [0.3, 0.4) is 0 Å². The first-order valence-electron chi connectivity index (χ1n) is 9.65. The number of amides is 2. The molecular weight excluding hydrogens is 398 g/mol. The van der Waals surface area contributed by atoms with Gasteiger partial charge in [-0.25, -0.2) is 0 Å². The van der Waals surface area contributed by atoms with Crippen molar-refractivity contribution in [1.82, 2.24) is 9.97 Å². The van der Waals surface area contributed by atoms with Gasteiger partial charge in [0.1, 0.15) is 11.6 Å². The molecule has 1 aliphatic rings. The number of fused-ring (bicyclic) bond motifs is 1. The van der Waals surface area contributed by atoms with E-state index >= 15 is 0 Å². The minimum absolute atomic E-state index is 0.0698. The highest BCUT2D eigenvalue weighted by molar-refractivity contribution is 6.04. The van der Waals surface area contributed by atoms with Gasteiger partial charge >= 0.3 is 0 Å². The molecule has 31 heavy (non-hydrogen) atoms. The van der Waals surface area contributed by atoms with Gasteiger partial charge in [0.05, 0.1) is 18.6 Å². The average molecular weight is 419 g/mol. The molecule has 0 fully saturated rings. The number of nitrogens with one attached hydrogen (secondary N) is 4. The molecule has 1 aromatic heterocycles. The molecule has 0 spiro atoms. The number of rotatable bonds is 5. The molecule has 9 heteroatoms. The summed E-state index contributed by atoms with van der Waals surface area (Å²) in [6, 6.07) is 14.3. The van der Waals surface area contributed by atoms with E-state index in [2.05, 4.69) is 25.9 Å². The predicted octanol–water partition coefficient (Wildman–Crippen LogP) is 2.90. The monoisotopic (exact) mass is 419 g/mol. The summed E-state index contributed by atoms with van der Waals surface area (Å²) in [5.74, 6) is -1.03. The summed E-state index contributed by atoms with van der Waals surface area (Å²) in [6.07, 6.45) is -0.154. The number of aromatic nitrogens is 2. The minimum atomic E-state index is -0.973. The van der Waals surface area contributed by atoms with Gasteiger partial charge in [0.2, 0.25) is 17.8 Å². The number of carbonyl (C=O) groups excluding carboxylic acids is 2. The molecule has 1 unspecified atom stereocenters. The number of benzene rings is 2. The van der Waals surface area contributed by atoms with Crippen LogP contribution in [0, 0.1) is 6.92 Å². The molecule has 2 amide bonds. The number of methoxy groups -OCH3 is 1. The molecule has 3 aromatic rings. The van der Waals surface area contributed by atoms with Gasteiger partial charge < -0.3 is 20.7 Å². The number of hydrogen-bond acceptors (Lipinski definition) is 6. The first-order chi connectivity index (χ1) is 14.9. The van der Waals surface area contributed by atoms with Gasteiger partial charge in [-0.05, 0) is 31.2 Å². The van der Waals surface area contributed by atoms with E-state index in [4.69, 9.17) is 4.74 Å². The van der Waals surface area contributed by atoms with Crippen LogP contribution in [0.25, 0.3) is 0 Å². The molecule has 0 saturated heterocycles. The van der Waals surface area contributed by atoms with Crippen molar-refractivity contribution >= 4 is 35.0 Å². The number of H-pyrrole nitrogens is 1. The first kappa shape index (κ1) is 20.1. The van der Waals surface area contributed by atoms with E-state index in [9.17, 15) is 14.4 Å². The summed E-state index contributed by atoms with van der Waals surface area (Å²) in [5, 5.41) is 8.33. The highest BCUT2D eigenvalue weighted by Crippen LogP contribution is 2.30. The van der Waals surface area contributed by atoms with Crippen LogP contribution >= 0.6 is 0 Å². The Morgan fingerprint density at radius 2 is 1.90 bits per heavy atom. The SMILES string of the molecule is COc1cccc(NC(=O)C2CC(=O)Nc3nc(Nc4ccc(C)cc4)[nH]c(=O)c32)c1. The van der Waals surface area contributed by atoms with Crippen LogP contribution in [0.15, 0.2) is 53.3 Å². The molecule has 0 radical (unpaired) electrons. The topological polar surface area (TPSA) is 125 Å². The summed E-state index contributed by atoms with van der Waals surface area (Å²) in [7, 11) is 1.52. The maximum absolute atomic E-state index is 12.9. The molecule has 1 atom stereocenters. The summed E-state index contributed by atoms with van der Waals surface area (Å²) in [6.45, 7) is 1.97. The fourth-order valence-corrected chi connectivity index (χ4v) is 3.36. The van der Waals surface area contributed by atoms with Crippen molar-refractivity contribution in [2.45, 2.75) is 19.3 Å². The largest absolute Gasteiger partial charge is 0.497 e. The standard InChI is InChI=1S/C22H21N5O4/c1-12-6-8-13(9-7-12)24-22-26-19-18(21(30)27-22)16(11-17(28)25-19)20(29)23-14-4-3-5-15(10-14)31-2/h3-10,16H,11H2,1-2H3,(H,23,29)(H3,24,25,26,27,28,30). The minimum Gasteiger partial charge on any atom is -0.497 e. The molecule has 2 aromatic carbocycles. The average Bonchev–Trinajstić information content (AvgIpc) is 2.74. The predicted molar refractivity (Wildman–Crippen MR) is 117 cm³/mol. The fourth-order valence-electron chi connectivity index (χ4n) is 3.36. The van der Waals surface area contributed by atoms with E-state index in [-0.39, 0.29) is 23.8 Å². The van der Waals surface area contributed by atoms with Crippen molar-refractivity contribution in [3.8, 4) is 5.75 Å². The Bertz CT molecular complexity index is 1200. The Labute approximate surface area is 177 Å². The van der Waals surface area contributed by atoms with E-state index in [1.165, 1.54) is 7.11 Å². The molecule has 1 aliphatic heterocycles. The number of carbonyl (C=O) groups is 2. The zero-order valence-electron chi connectivity index (χ0n) is 17.0. The van der Waals surface area contributed by atoms with Gasteiger partial charge in [-0.2, -0.15) is 4.98 Å². The molecule has 4 rings (SSSR count). The van der Waals surface area contributed by atoms with Crippen LogP contribution in [0.5, 0.6) is 5.75 Å². The van der Waals surface area contributed by atoms with Crippen molar-refractivity contribution in [3.05, 3.63) is 70.0 Å². The lowest BCUT2D eigenvalue weighted by atomic mass is 9.92. The number of anilines is 4. The quantitative estimate of drug-likeness (QED) is 0.504. The number of ether oxygens (including phenoxy) is 1. The van der Waals surface area contributed by atoms with Gasteiger partial charge in [0.15, 0.2) is 0 Å². The summed E-state index contributed by atoms with van der Waals surface area (Å²) < 4.78 is 5.16. The smallest absolute Gasteiger partial charge is 0.258 e. The Morgan fingerprint density at radius 3 is 2.65 bits per heavy atom. The van der Waals surface area contributed by atoms with Crippen molar-refractivity contribution in [2.24, 2.45) is 0 Å². The van der Waals surface area contributed by atoms with Crippen LogP contribution in [0.4, 0.5) is 23.1 Å². The number of nitrogens with zero attached hydrogens (tertiary/aromatic N) is 1. The second kappa shape index (κ2) is 8.31. The fraction of sp³-hybridized carbons (Fsp3) is 0.182. The van der Waals surface area contributed by atoms with Crippen molar-refractivity contribution < 1.29 is 14.3 Å². The zero-order chi connectivity index (χ0) is 22.0. The van der Waals surface area contributed by atoms with E-state index in [0.29, 0.717) is 11.4 Å². The van der Waals surface area contributed by atoms with Crippen molar-refractivity contribution in [3.63, 3.8) is 0 Å². The van der Waals surface area contributed by atoms with E-state index < -0.39 is 23.3 Å². The van der Waals surface area contributed by atoms with Gasteiger partial charge in [0, 0.05) is 23.9 Å². The van der Waals surface area contributed by atoms with Gasteiger partial charge in [-0.1, -0.05) is 23.8 Å². The Hall–Kier alpha value is -4.14. The maximum Gasteiger partial charge on any atom is 0.258 e. The van der Waals surface area contributed by atoms with Crippen LogP contribution in [-0.2, 0) is 9.59 Å². The molecule has 0 saturated carbocycles. The third-order valence-electron chi connectivity index (χ3n) is 4.92. The summed E-state index contributed by atoms with van der Waals surface area (Å²) in [4.78, 5) is 44.9. The molecular formula is C22H21N5O4. The lowest BCUT2D eigenvalue weighted by molar-refractivity contribution is -0.123. The van der Waals surface area contributed by atoms with Crippen LogP contribution in [0.2, 0.25) is 0 Å². The summed E-state index contributed by atoms with van der Waals surface area (Å²) in [5.41, 5.74) is 1.94.